The Balaban J connectivity index is 1.29. The zero-order chi connectivity index (χ0) is 22.3. The van der Waals surface area contributed by atoms with Crippen LogP contribution in [0.1, 0.15) is 10.4 Å². The first-order valence-electron chi connectivity index (χ1n) is 10.6. The molecule has 0 saturated carbocycles. The Morgan fingerprint density at radius 3 is 1.84 bits per heavy atom. The van der Waals surface area contributed by atoms with Crippen molar-refractivity contribution in [3.8, 4) is 11.5 Å². The highest BCUT2D eigenvalue weighted by Gasteiger charge is 2.20. The number of piperazine rings is 1. The van der Waals surface area contributed by atoms with Crippen LogP contribution in [0.15, 0.2) is 78.9 Å². The molecular weight excluding hydrogens is 404 g/mol. The predicted octanol–water partition coefficient (Wildman–Crippen LogP) is 4.51. The minimum absolute atomic E-state index is 0.0203. The molecule has 7 heteroatoms. The molecular formula is C25H26N4O3. The molecule has 7 nitrogen and oxygen atoms in total. The summed E-state index contributed by atoms with van der Waals surface area (Å²) in [5.74, 6) is 1.45. The van der Waals surface area contributed by atoms with Gasteiger partial charge in [0.2, 0.25) is 0 Å². The Morgan fingerprint density at radius 1 is 0.719 bits per heavy atom. The van der Waals surface area contributed by atoms with Crippen molar-refractivity contribution in [1.29, 1.82) is 0 Å². The lowest BCUT2D eigenvalue weighted by Crippen LogP contribution is -2.47. The molecule has 1 saturated heterocycles. The summed E-state index contributed by atoms with van der Waals surface area (Å²) in [7, 11) is 2.06. The molecule has 32 heavy (non-hydrogen) atoms. The molecule has 164 valence electrons. The minimum atomic E-state index is -0.361. The van der Waals surface area contributed by atoms with Crippen molar-refractivity contribution in [2.45, 2.75) is 0 Å². The summed E-state index contributed by atoms with van der Waals surface area (Å²) in [5, 5.41) is 5.57. The smallest absolute Gasteiger partial charge is 0.323 e. The van der Waals surface area contributed by atoms with Crippen molar-refractivity contribution in [2.24, 2.45) is 0 Å². The molecule has 4 rings (SSSR count). The number of ether oxygens (including phenoxy) is 1. The molecule has 1 aliphatic rings. The molecule has 3 aromatic carbocycles. The van der Waals surface area contributed by atoms with Gasteiger partial charge in [-0.1, -0.05) is 18.2 Å². The van der Waals surface area contributed by atoms with Gasteiger partial charge in [0.15, 0.2) is 0 Å². The van der Waals surface area contributed by atoms with E-state index in [0.29, 0.717) is 22.7 Å². The molecule has 0 unspecified atom stereocenters. The summed E-state index contributed by atoms with van der Waals surface area (Å²) in [6, 6.07) is 23.2. The fourth-order valence-corrected chi connectivity index (χ4v) is 3.41. The van der Waals surface area contributed by atoms with E-state index in [4.69, 9.17) is 4.74 Å². The van der Waals surface area contributed by atoms with E-state index in [1.807, 2.05) is 35.2 Å². The third-order valence-electron chi connectivity index (χ3n) is 5.27. The Kier molecular flexibility index (Phi) is 6.67. The Bertz CT molecular complexity index is 1040. The molecule has 1 heterocycles. The van der Waals surface area contributed by atoms with Gasteiger partial charge in [-0.15, -0.1) is 0 Å². The van der Waals surface area contributed by atoms with Crippen LogP contribution >= 0.6 is 0 Å². The maximum Gasteiger partial charge on any atom is 0.323 e. The lowest BCUT2D eigenvalue weighted by Gasteiger charge is -2.32. The van der Waals surface area contributed by atoms with Crippen LogP contribution in [0.4, 0.5) is 16.2 Å². The Labute approximate surface area is 187 Å². The first kappa shape index (κ1) is 21.4. The molecule has 0 atom stereocenters. The van der Waals surface area contributed by atoms with Crippen LogP contribution in [0.5, 0.6) is 11.5 Å². The number of likely N-dealkylation sites (N-methyl/N-ethyl adjacent to an activating group) is 1. The molecule has 0 radical (unpaired) electrons. The summed E-state index contributed by atoms with van der Waals surface area (Å²) in [6.45, 7) is 3.22. The molecule has 1 aliphatic heterocycles. The van der Waals surface area contributed by atoms with Crippen LogP contribution < -0.4 is 15.4 Å². The van der Waals surface area contributed by atoms with Gasteiger partial charge >= 0.3 is 6.03 Å². The van der Waals surface area contributed by atoms with Crippen LogP contribution in [0.3, 0.4) is 0 Å². The van der Waals surface area contributed by atoms with Gasteiger partial charge in [0.1, 0.15) is 11.5 Å². The van der Waals surface area contributed by atoms with Crippen molar-refractivity contribution in [1.82, 2.24) is 9.80 Å². The normalized spacial score (nSPS) is 14.0. The molecule has 0 aromatic heterocycles. The second kappa shape index (κ2) is 9.98. The van der Waals surface area contributed by atoms with E-state index in [1.165, 1.54) is 0 Å². The average Bonchev–Trinajstić information content (AvgIpc) is 2.81. The van der Waals surface area contributed by atoms with Gasteiger partial charge in [0.25, 0.3) is 5.91 Å². The van der Waals surface area contributed by atoms with Crippen molar-refractivity contribution in [3.05, 3.63) is 84.4 Å². The molecule has 3 amide bonds. The number of rotatable bonds is 5. The maximum atomic E-state index is 12.6. The first-order valence-corrected chi connectivity index (χ1v) is 10.6. The van der Waals surface area contributed by atoms with Gasteiger partial charge in [-0.2, -0.15) is 0 Å². The molecule has 0 aliphatic carbocycles. The quantitative estimate of drug-likeness (QED) is 0.625. The van der Waals surface area contributed by atoms with Gasteiger partial charge < -0.3 is 25.2 Å². The summed E-state index contributed by atoms with van der Waals surface area (Å²) in [5.41, 5.74) is 1.88. The molecule has 2 N–H and O–H groups in total. The number of urea groups is 1. The second-order valence-corrected chi connectivity index (χ2v) is 7.69. The summed E-state index contributed by atoms with van der Waals surface area (Å²) < 4.78 is 5.75. The fraction of sp³-hybridized carbons (Fsp3) is 0.200. The van der Waals surface area contributed by atoms with E-state index in [1.54, 1.807) is 48.5 Å². The Morgan fingerprint density at radius 2 is 1.25 bits per heavy atom. The third kappa shape index (κ3) is 5.65. The Hall–Kier alpha value is -3.84. The number of para-hydroxylation sites is 1. The second-order valence-electron chi connectivity index (χ2n) is 7.69. The van der Waals surface area contributed by atoms with Crippen molar-refractivity contribution in [2.75, 3.05) is 43.9 Å². The van der Waals surface area contributed by atoms with Gasteiger partial charge in [-0.3, -0.25) is 4.79 Å². The maximum absolute atomic E-state index is 12.6. The number of anilines is 2. The number of carbonyl (C=O) groups excluding carboxylic acids is 2. The number of nitrogens with zero attached hydrogens (tertiary/aromatic N) is 2. The highest BCUT2D eigenvalue weighted by atomic mass is 16.5. The highest BCUT2D eigenvalue weighted by Crippen LogP contribution is 2.22. The molecule has 3 aromatic rings. The van der Waals surface area contributed by atoms with E-state index >= 15 is 0 Å². The van der Waals surface area contributed by atoms with Gasteiger partial charge in [-0.05, 0) is 67.7 Å². The SMILES string of the molecule is CN1CCN(C(=O)c2ccc(NC(=O)Nc3ccc(Oc4ccccc4)cc3)cc2)CC1. The monoisotopic (exact) mass is 430 g/mol. The number of carbonyl (C=O) groups is 2. The predicted molar refractivity (Wildman–Crippen MR) is 125 cm³/mol. The number of benzene rings is 3. The molecule has 0 spiro atoms. The standard InChI is InChI=1S/C25H26N4O3/c1-28-15-17-29(18-16-28)24(30)19-7-9-20(10-8-19)26-25(31)27-21-11-13-23(14-12-21)32-22-5-3-2-4-6-22/h2-14H,15-18H2,1H3,(H2,26,27,31). The summed E-state index contributed by atoms with van der Waals surface area (Å²) in [6.07, 6.45) is 0. The lowest BCUT2D eigenvalue weighted by atomic mass is 10.1. The van der Waals surface area contributed by atoms with E-state index in [2.05, 4.69) is 22.6 Å². The van der Waals surface area contributed by atoms with E-state index in [-0.39, 0.29) is 11.9 Å². The van der Waals surface area contributed by atoms with Crippen LogP contribution in [0, 0.1) is 0 Å². The number of hydrogen-bond acceptors (Lipinski definition) is 4. The van der Waals surface area contributed by atoms with E-state index in [9.17, 15) is 9.59 Å². The van der Waals surface area contributed by atoms with Crippen molar-refractivity contribution < 1.29 is 14.3 Å². The van der Waals surface area contributed by atoms with Gasteiger partial charge in [0.05, 0.1) is 0 Å². The van der Waals surface area contributed by atoms with E-state index in [0.717, 1.165) is 31.9 Å². The van der Waals surface area contributed by atoms with Crippen molar-refractivity contribution in [3.63, 3.8) is 0 Å². The largest absolute Gasteiger partial charge is 0.457 e. The van der Waals surface area contributed by atoms with E-state index < -0.39 is 0 Å². The number of hydrogen-bond donors (Lipinski definition) is 2. The summed E-state index contributed by atoms with van der Waals surface area (Å²) >= 11 is 0. The lowest BCUT2D eigenvalue weighted by molar-refractivity contribution is 0.0664. The van der Waals surface area contributed by atoms with Gasteiger partial charge in [0, 0.05) is 43.1 Å². The average molecular weight is 431 g/mol. The zero-order valence-corrected chi connectivity index (χ0v) is 18.0. The third-order valence-corrected chi connectivity index (χ3v) is 5.27. The topological polar surface area (TPSA) is 73.9 Å². The first-order chi connectivity index (χ1) is 15.6. The van der Waals surface area contributed by atoms with Crippen LogP contribution in [-0.4, -0.2) is 55.0 Å². The minimum Gasteiger partial charge on any atom is -0.457 e. The fourth-order valence-electron chi connectivity index (χ4n) is 3.41. The zero-order valence-electron chi connectivity index (χ0n) is 18.0. The molecule has 1 fully saturated rings. The highest BCUT2D eigenvalue weighted by molar-refractivity contribution is 6.00. The molecule has 0 bridgehead atoms. The van der Waals surface area contributed by atoms with Crippen LogP contribution in [0.2, 0.25) is 0 Å². The summed E-state index contributed by atoms with van der Waals surface area (Å²) in [4.78, 5) is 29.0. The number of nitrogens with one attached hydrogen (secondary N) is 2. The van der Waals surface area contributed by atoms with Crippen LogP contribution in [-0.2, 0) is 0 Å². The van der Waals surface area contributed by atoms with Gasteiger partial charge in [-0.25, -0.2) is 4.79 Å². The van der Waals surface area contributed by atoms with Crippen molar-refractivity contribution >= 4 is 23.3 Å². The number of amides is 3. The van der Waals surface area contributed by atoms with Crippen LogP contribution in [0.25, 0.3) is 0 Å².